The molecule has 1 aliphatic rings. The fraction of sp³-hybridized carbons (Fsp3) is 0.188. The summed E-state index contributed by atoms with van der Waals surface area (Å²) in [5.74, 6) is 0.121. The summed E-state index contributed by atoms with van der Waals surface area (Å²) >= 11 is 0. The van der Waals surface area contributed by atoms with Gasteiger partial charge in [-0.2, -0.15) is 0 Å². The highest BCUT2D eigenvalue weighted by Crippen LogP contribution is 2.36. The van der Waals surface area contributed by atoms with Gasteiger partial charge >= 0.3 is 0 Å². The molecule has 0 radical (unpaired) electrons. The zero-order valence-electron chi connectivity index (χ0n) is 12.9. The molecule has 0 aliphatic carbocycles. The summed E-state index contributed by atoms with van der Waals surface area (Å²) in [6.07, 6.45) is -1.05. The van der Waals surface area contributed by atoms with Gasteiger partial charge in [-0.15, -0.1) is 0 Å². The van der Waals surface area contributed by atoms with Gasteiger partial charge in [0, 0.05) is 0 Å². The molecule has 0 saturated carbocycles. The first-order valence-corrected chi connectivity index (χ1v) is 8.59. The Hall–Kier alpha value is -2.74. The van der Waals surface area contributed by atoms with Crippen LogP contribution in [0.2, 0.25) is 0 Å². The van der Waals surface area contributed by atoms with Gasteiger partial charge in [-0.3, -0.25) is 9.10 Å². The maximum absolute atomic E-state index is 13.0. The number of carbonyl (C=O) groups excluding carboxylic acids is 1. The van der Waals surface area contributed by atoms with Gasteiger partial charge in [0.15, 0.2) is 6.10 Å². The first-order chi connectivity index (χ1) is 11.4. The number of hydrogen-bond donors (Lipinski definition) is 1. The van der Waals surface area contributed by atoms with Crippen molar-refractivity contribution in [2.75, 3.05) is 18.0 Å². The minimum atomic E-state index is -3.88. The summed E-state index contributed by atoms with van der Waals surface area (Å²) < 4.78 is 37.7. The number of primary amides is 1. The lowest BCUT2D eigenvalue weighted by atomic mass is 10.2. The van der Waals surface area contributed by atoms with Crippen LogP contribution in [0.5, 0.6) is 11.5 Å². The lowest BCUT2D eigenvalue weighted by Gasteiger charge is -2.34. The average Bonchev–Trinajstić information content (AvgIpc) is 2.60. The molecule has 1 atom stereocenters. The number of benzene rings is 2. The first-order valence-electron chi connectivity index (χ1n) is 7.15. The van der Waals surface area contributed by atoms with Crippen LogP contribution >= 0.6 is 0 Å². The second-order valence-electron chi connectivity index (χ2n) is 5.19. The fourth-order valence-electron chi connectivity index (χ4n) is 2.45. The summed E-state index contributed by atoms with van der Waals surface area (Å²) in [4.78, 5) is 11.6. The van der Waals surface area contributed by atoms with E-state index in [2.05, 4.69) is 0 Å². The van der Waals surface area contributed by atoms with E-state index in [1.807, 2.05) is 0 Å². The predicted octanol–water partition coefficient (Wildman–Crippen LogP) is 1.14. The third kappa shape index (κ3) is 2.76. The zero-order valence-corrected chi connectivity index (χ0v) is 13.7. The van der Waals surface area contributed by atoms with E-state index in [1.54, 1.807) is 36.4 Å². The summed E-state index contributed by atoms with van der Waals surface area (Å²) in [6.45, 7) is -0.180. The van der Waals surface area contributed by atoms with Crippen molar-refractivity contribution in [3.63, 3.8) is 0 Å². The van der Waals surface area contributed by atoms with Crippen molar-refractivity contribution in [1.82, 2.24) is 0 Å². The van der Waals surface area contributed by atoms with Crippen LogP contribution in [0.15, 0.2) is 53.4 Å². The van der Waals surface area contributed by atoms with E-state index in [0.29, 0.717) is 17.2 Å². The Morgan fingerprint density at radius 3 is 2.50 bits per heavy atom. The van der Waals surface area contributed by atoms with Gasteiger partial charge in [0.2, 0.25) is 0 Å². The normalized spacial score (nSPS) is 16.9. The highest BCUT2D eigenvalue weighted by molar-refractivity contribution is 7.92. The predicted molar refractivity (Wildman–Crippen MR) is 87.6 cm³/mol. The molecule has 0 fully saturated rings. The van der Waals surface area contributed by atoms with Gasteiger partial charge in [0.05, 0.1) is 24.2 Å². The van der Waals surface area contributed by atoms with Crippen LogP contribution < -0.4 is 19.5 Å². The van der Waals surface area contributed by atoms with Crippen molar-refractivity contribution in [1.29, 1.82) is 0 Å². The molecule has 3 rings (SSSR count). The Balaban J connectivity index is 2.06. The molecule has 1 aliphatic heterocycles. The van der Waals surface area contributed by atoms with Gasteiger partial charge in [0.1, 0.15) is 11.5 Å². The van der Waals surface area contributed by atoms with Crippen molar-refractivity contribution >= 4 is 21.6 Å². The molecular formula is C16H16N2O5S. The van der Waals surface area contributed by atoms with E-state index in [-0.39, 0.29) is 11.4 Å². The molecule has 7 nitrogen and oxygen atoms in total. The van der Waals surface area contributed by atoms with Crippen LogP contribution in [-0.4, -0.2) is 34.1 Å². The molecule has 24 heavy (non-hydrogen) atoms. The maximum atomic E-state index is 13.0. The van der Waals surface area contributed by atoms with E-state index < -0.39 is 22.0 Å². The highest BCUT2D eigenvalue weighted by Gasteiger charge is 2.36. The SMILES string of the molecule is COc1ccc(S(=O)(=O)N2C[C@H](C(N)=O)Oc3ccccc32)cc1. The lowest BCUT2D eigenvalue weighted by Crippen LogP contribution is -2.49. The summed E-state index contributed by atoms with van der Waals surface area (Å²) in [5.41, 5.74) is 5.67. The molecule has 1 amide bonds. The topological polar surface area (TPSA) is 98.9 Å². The standard InChI is InChI=1S/C16H16N2O5S/c1-22-11-6-8-12(9-7-11)24(20,21)18-10-15(16(17)19)23-14-5-3-2-4-13(14)18/h2-9,15H,10H2,1H3,(H2,17,19)/t15-/m1/s1. The second kappa shape index (κ2) is 6.04. The smallest absolute Gasteiger partial charge is 0.264 e. The van der Waals surface area contributed by atoms with E-state index in [4.69, 9.17) is 15.2 Å². The number of nitrogens with zero attached hydrogens (tertiary/aromatic N) is 1. The van der Waals surface area contributed by atoms with Gasteiger partial charge in [-0.25, -0.2) is 8.42 Å². The molecule has 8 heteroatoms. The van der Waals surface area contributed by atoms with E-state index in [0.717, 1.165) is 4.31 Å². The van der Waals surface area contributed by atoms with Gasteiger partial charge in [0.25, 0.3) is 15.9 Å². The van der Waals surface area contributed by atoms with Crippen LogP contribution in [0.3, 0.4) is 0 Å². The number of ether oxygens (including phenoxy) is 2. The zero-order chi connectivity index (χ0) is 17.3. The number of anilines is 1. The van der Waals surface area contributed by atoms with E-state index in [1.165, 1.54) is 19.2 Å². The quantitative estimate of drug-likeness (QED) is 0.893. The number of fused-ring (bicyclic) bond motifs is 1. The Morgan fingerprint density at radius 1 is 1.21 bits per heavy atom. The monoisotopic (exact) mass is 348 g/mol. The number of methoxy groups -OCH3 is 1. The molecule has 126 valence electrons. The molecule has 2 N–H and O–H groups in total. The second-order valence-corrected chi connectivity index (χ2v) is 7.05. The van der Waals surface area contributed by atoms with Crippen LogP contribution in [0, 0.1) is 0 Å². The van der Waals surface area contributed by atoms with Gasteiger partial charge < -0.3 is 15.2 Å². The van der Waals surface area contributed by atoms with E-state index >= 15 is 0 Å². The van der Waals surface area contributed by atoms with Crippen LogP contribution in [0.4, 0.5) is 5.69 Å². The van der Waals surface area contributed by atoms with Crippen molar-refractivity contribution < 1.29 is 22.7 Å². The number of sulfonamides is 1. The maximum Gasteiger partial charge on any atom is 0.264 e. The summed E-state index contributed by atoms with van der Waals surface area (Å²) in [5, 5.41) is 0. The number of carbonyl (C=O) groups is 1. The Bertz CT molecular complexity index is 864. The Morgan fingerprint density at radius 2 is 1.88 bits per heavy atom. The third-order valence-corrected chi connectivity index (χ3v) is 5.49. The summed E-state index contributed by atoms with van der Waals surface area (Å²) in [7, 11) is -2.38. The highest BCUT2D eigenvalue weighted by atomic mass is 32.2. The molecule has 2 aromatic carbocycles. The Labute approximate surface area is 139 Å². The van der Waals surface area contributed by atoms with Gasteiger partial charge in [-0.05, 0) is 36.4 Å². The molecule has 2 aromatic rings. The Kier molecular flexibility index (Phi) is 4.06. The van der Waals surface area contributed by atoms with Crippen molar-refractivity contribution in [3.05, 3.63) is 48.5 Å². The largest absolute Gasteiger partial charge is 0.497 e. The van der Waals surface area contributed by atoms with Crippen LogP contribution in [0.1, 0.15) is 0 Å². The van der Waals surface area contributed by atoms with Crippen molar-refractivity contribution in [2.45, 2.75) is 11.0 Å². The van der Waals surface area contributed by atoms with Gasteiger partial charge in [-0.1, -0.05) is 12.1 Å². The lowest BCUT2D eigenvalue weighted by molar-refractivity contribution is -0.124. The number of rotatable bonds is 4. The van der Waals surface area contributed by atoms with Crippen LogP contribution in [0.25, 0.3) is 0 Å². The fourth-order valence-corrected chi connectivity index (χ4v) is 3.93. The molecule has 0 aromatic heterocycles. The number of hydrogen-bond acceptors (Lipinski definition) is 5. The third-order valence-electron chi connectivity index (χ3n) is 3.70. The minimum absolute atomic E-state index is 0.0863. The van der Waals surface area contributed by atoms with Crippen molar-refractivity contribution in [3.8, 4) is 11.5 Å². The molecule has 0 saturated heterocycles. The molecule has 0 spiro atoms. The molecular weight excluding hydrogens is 332 g/mol. The van der Waals surface area contributed by atoms with Crippen LogP contribution in [-0.2, 0) is 14.8 Å². The molecule has 0 bridgehead atoms. The first kappa shape index (κ1) is 16.1. The number of nitrogens with two attached hydrogens (primary N) is 1. The number of amides is 1. The van der Waals surface area contributed by atoms with E-state index in [9.17, 15) is 13.2 Å². The average molecular weight is 348 g/mol. The van der Waals surface area contributed by atoms with Crippen molar-refractivity contribution in [2.24, 2.45) is 5.73 Å². The number of para-hydroxylation sites is 2. The molecule has 0 unspecified atom stereocenters. The minimum Gasteiger partial charge on any atom is -0.497 e. The molecule has 1 heterocycles. The summed E-state index contributed by atoms with van der Waals surface area (Å²) in [6, 6.07) is 12.6.